The summed E-state index contributed by atoms with van der Waals surface area (Å²) in [5, 5.41) is 3.45. The molecule has 0 heterocycles. The summed E-state index contributed by atoms with van der Waals surface area (Å²) in [6.07, 6.45) is 5.15. The summed E-state index contributed by atoms with van der Waals surface area (Å²) in [6.45, 7) is 5.15. The molecular formula is C16H24N2O2. The van der Waals surface area contributed by atoms with Crippen molar-refractivity contribution in [1.82, 2.24) is 0 Å². The molecule has 4 nitrogen and oxygen atoms in total. The Balaban J connectivity index is 2.16. The number of rotatable bonds is 4. The van der Waals surface area contributed by atoms with Crippen molar-refractivity contribution in [3.8, 4) is 0 Å². The van der Waals surface area contributed by atoms with Crippen molar-refractivity contribution in [3.05, 3.63) is 23.3 Å². The minimum atomic E-state index is -0.388. The standard InChI is InChI=1S/C16H24N2O2/c1-11-8-12(9-13(14(11)17)15(19)20-3)18-10-16(2)6-4-5-7-16/h8-9,18H,4-7,10,17H2,1-3H3. The van der Waals surface area contributed by atoms with Crippen LogP contribution in [-0.4, -0.2) is 19.6 Å². The summed E-state index contributed by atoms with van der Waals surface area (Å²) in [6, 6.07) is 3.77. The van der Waals surface area contributed by atoms with E-state index in [1.165, 1.54) is 32.8 Å². The van der Waals surface area contributed by atoms with E-state index in [2.05, 4.69) is 12.2 Å². The maximum atomic E-state index is 11.7. The fourth-order valence-electron chi connectivity index (χ4n) is 2.90. The smallest absolute Gasteiger partial charge is 0.340 e. The molecule has 1 aromatic carbocycles. The van der Waals surface area contributed by atoms with Gasteiger partial charge in [0.05, 0.1) is 12.7 Å². The first kappa shape index (κ1) is 14.7. The molecule has 0 radical (unpaired) electrons. The number of ether oxygens (including phenoxy) is 1. The third-order valence-corrected chi connectivity index (χ3v) is 4.32. The van der Waals surface area contributed by atoms with Gasteiger partial charge in [-0.3, -0.25) is 0 Å². The quantitative estimate of drug-likeness (QED) is 0.654. The molecule has 1 saturated carbocycles. The SMILES string of the molecule is COC(=O)c1cc(NCC2(C)CCCC2)cc(C)c1N. The Bertz CT molecular complexity index is 505. The Morgan fingerprint density at radius 3 is 2.65 bits per heavy atom. The molecule has 1 aliphatic rings. The molecule has 20 heavy (non-hydrogen) atoms. The molecule has 1 aromatic rings. The Morgan fingerprint density at radius 2 is 2.05 bits per heavy atom. The van der Waals surface area contributed by atoms with Gasteiger partial charge in [-0.15, -0.1) is 0 Å². The monoisotopic (exact) mass is 276 g/mol. The molecule has 0 bridgehead atoms. The number of anilines is 2. The molecular weight excluding hydrogens is 252 g/mol. The van der Waals surface area contributed by atoms with Crippen LogP contribution in [0.25, 0.3) is 0 Å². The van der Waals surface area contributed by atoms with Gasteiger partial charge in [0, 0.05) is 17.9 Å². The Hall–Kier alpha value is -1.71. The highest BCUT2D eigenvalue weighted by molar-refractivity contribution is 5.97. The highest BCUT2D eigenvalue weighted by atomic mass is 16.5. The largest absolute Gasteiger partial charge is 0.465 e. The van der Waals surface area contributed by atoms with Crippen LogP contribution >= 0.6 is 0 Å². The van der Waals surface area contributed by atoms with Crippen molar-refractivity contribution in [1.29, 1.82) is 0 Å². The van der Waals surface area contributed by atoms with Gasteiger partial charge >= 0.3 is 5.97 Å². The van der Waals surface area contributed by atoms with Gasteiger partial charge in [0.15, 0.2) is 0 Å². The van der Waals surface area contributed by atoms with Gasteiger partial charge in [0.2, 0.25) is 0 Å². The van der Waals surface area contributed by atoms with Gasteiger partial charge in [0.1, 0.15) is 0 Å². The fourth-order valence-corrected chi connectivity index (χ4v) is 2.90. The number of hydrogen-bond donors (Lipinski definition) is 2. The number of aryl methyl sites for hydroxylation is 1. The number of esters is 1. The van der Waals surface area contributed by atoms with Crippen LogP contribution in [0.3, 0.4) is 0 Å². The zero-order valence-corrected chi connectivity index (χ0v) is 12.6. The van der Waals surface area contributed by atoms with Crippen molar-refractivity contribution in [2.24, 2.45) is 5.41 Å². The summed E-state index contributed by atoms with van der Waals surface area (Å²) < 4.78 is 4.78. The fraction of sp³-hybridized carbons (Fsp3) is 0.562. The van der Waals surface area contributed by atoms with Crippen LogP contribution in [0.15, 0.2) is 12.1 Å². The lowest BCUT2D eigenvalue weighted by Gasteiger charge is -2.25. The van der Waals surface area contributed by atoms with E-state index in [-0.39, 0.29) is 5.97 Å². The number of carbonyl (C=O) groups excluding carboxylic acids is 1. The second kappa shape index (κ2) is 5.73. The van der Waals surface area contributed by atoms with Crippen molar-refractivity contribution >= 4 is 17.3 Å². The van der Waals surface area contributed by atoms with Crippen molar-refractivity contribution in [2.45, 2.75) is 39.5 Å². The lowest BCUT2D eigenvalue weighted by molar-refractivity contribution is 0.0602. The zero-order valence-electron chi connectivity index (χ0n) is 12.6. The molecule has 0 aromatic heterocycles. The molecule has 1 fully saturated rings. The minimum Gasteiger partial charge on any atom is -0.465 e. The first-order valence-corrected chi connectivity index (χ1v) is 7.17. The van der Waals surface area contributed by atoms with E-state index in [1.54, 1.807) is 6.07 Å². The first-order chi connectivity index (χ1) is 9.45. The van der Waals surface area contributed by atoms with Gasteiger partial charge in [-0.2, -0.15) is 0 Å². The Morgan fingerprint density at radius 1 is 1.40 bits per heavy atom. The van der Waals surface area contributed by atoms with Gasteiger partial charge in [-0.25, -0.2) is 4.79 Å². The van der Waals surface area contributed by atoms with E-state index >= 15 is 0 Å². The van der Waals surface area contributed by atoms with Gasteiger partial charge in [0.25, 0.3) is 0 Å². The number of methoxy groups -OCH3 is 1. The highest BCUT2D eigenvalue weighted by Crippen LogP contribution is 2.37. The second-order valence-electron chi connectivity index (χ2n) is 6.12. The van der Waals surface area contributed by atoms with E-state index in [0.717, 1.165) is 17.8 Å². The average Bonchev–Trinajstić information content (AvgIpc) is 2.86. The molecule has 3 N–H and O–H groups in total. The average molecular weight is 276 g/mol. The molecule has 2 rings (SSSR count). The van der Waals surface area contributed by atoms with Gasteiger partial charge < -0.3 is 15.8 Å². The van der Waals surface area contributed by atoms with Crippen LogP contribution in [-0.2, 0) is 4.74 Å². The minimum absolute atomic E-state index is 0.362. The van der Waals surface area contributed by atoms with Crippen LogP contribution < -0.4 is 11.1 Å². The first-order valence-electron chi connectivity index (χ1n) is 7.17. The Kier molecular flexibility index (Phi) is 4.21. The normalized spacial score (nSPS) is 16.9. The van der Waals surface area contributed by atoms with Crippen molar-refractivity contribution < 1.29 is 9.53 Å². The summed E-state index contributed by atoms with van der Waals surface area (Å²) in [5.74, 6) is -0.388. The van der Waals surface area contributed by atoms with Crippen LogP contribution in [0, 0.1) is 12.3 Å². The molecule has 1 aliphatic carbocycles. The molecule has 0 saturated heterocycles. The van der Waals surface area contributed by atoms with Crippen LogP contribution in [0.2, 0.25) is 0 Å². The zero-order chi connectivity index (χ0) is 14.8. The maximum Gasteiger partial charge on any atom is 0.340 e. The number of nitrogens with two attached hydrogens (primary N) is 1. The molecule has 0 aliphatic heterocycles. The van der Waals surface area contributed by atoms with E-state index in [9.17, 15) is 4.79 Å². The van der Waals surface area contributed by atoms with Crippen molar-refractivity contribution in [2.75, 3.05) is 24.7 Å². The second-order valence-corrected chi connectivity index (χ2v) is 6.12. The molecule has 0 amide bonds. The number of nitrogen functional groups attached to an aromatic ring is 1. The molecule has 4 heteroatoms. The van der Waals surface area contributed by atoms with E-state index in [1.807, 2.05) is 13.0 Å². The predicted molar refractivity (Wildman–Crippen MR) is 82.0 cm³/mol. The molecule has 0 atom stereocenters. The molecule has 110 valence electrons. The number of carbonyl (C=O) groups is 1. The third-order valence-electron chi connectivity index (χ3n) is 4.32. The summed E-state index contributed by atoms with van der Waals surface area (Å²) in [4.78, 5) is 11.7. The number of benzene rings is 1. The Labute approximate surface area is 120 Å². The van der Waals surface area contributed by atoms with E-state index in [0.29, 0.717) is 16.7 Å². The molecule has 0 spiro atoms. The summed E-state index contributed by atoms with van der Waals surface area (Å²) >= 11 is 0. The van der Waals surface area contributed by atoms with Crippen LogP contribution in [0.5, 0.6) is 0 Å². The molecule has 0 unspecified atom stereocenters. The van der Waals surface area contributed by atoms with Gasteiger partial charge in [-0.05, 0) is 42.9 Å². The number of hydrogen-bond acceptors (Lipinski definition) is 4. The van der Waals surface area contributed by atoms with Crippen LogP contribution in [0.4, 0.5) is 11.4 Å². The summed E-state index contributed by atoms with van der Waals surface area (Å²) in [7, 11) is 1.37. The van der Waals surface area contributed by atoms with E-state index in [4.69, 9.17) is 10.5 Å². The highest BCUT2D eigenvalue weighted by Gasteiger charge is 2.28. The lowest BCUT2D eigenvalue weighted by Crippen LogP contribution is -2.23. The number of nitrogens with one attached hydrogen (secondary N) is 1. The predicted octanol–water partition coefficient (Wildman–Crippen LogP) is 3.36. The third kappa shape index (κ3) is 3.06. The maximum absolute atomic E-state index is 11.7. The van der Waals surface area contributed by atoms with Gasteiger partial charge in [-0.1, -0.05) is 19.8 Å². The van der Waals surface area contributed by atoms with Crippen molar-refractivity contribution in [3.63, 3.8) is 0 Å². The van der Waals surface area contributed by atoms with E-state index < -0.39 is 0 Å². The topological polar surface area (TPSA) is 64.3 Å². The summed E-state index contributed by atoms with van der Waals surface area (Å²) in [5.41, 5.74) is 9.07. The van der Waals surface area contributed by atoms with Crippen LogP contribution in [0.1, 0.15) is 48.5 Å². The lowest BCUT2D eigenvalue weighted by atomic mass is 9.89.